The third kappa shape index (κ3) is 8.49. The number of rotatable bonds is 11. The van der Waals surface area contributed by atoms with E-state index in [1.165, 1.54) is 18.2 Å². The summed E-state index contributed by atoms with van der Waals surface area (Å²) in [5, 5.41) is 6.52. The van der Waals surface area contributed by atoms with Crippen molar-refractivity contribution in [3.63, 3.8) is 0 Å². The van der Waals surface area contributed by atoms with Crippen LogP contribution in [0.1, 0.15) is 67.7 Å². The van der Waals surface area contributed by atoms with E-state index in [0.717, 1.165) is 37.3 Å². The monoisotopic (exact) mass is 505 g/mol. The molecule has 11 heteroatoms. The number of carbonyl (C=O) groups excluding carboxylic acids is 4. The Hall–Kier alpha value is -3.18. The van der Waals surface area contributed by atoms with E-state index >= 15 is 0 Å². The maximum absolute atomic E-state index is 13.4. The first-order chi connectivity index (χ1) is 16.9. The number of nitrogens with zero attached hydrogens (tertiary/aromatic N) is 1. The van der Waals surface area contributed by atoms with Crippen molar-refractivity contribution in [2.45, 2.75) is 58.6 Å². The van der Waals surface area contributed by atoms with Gasteiger partial charge in [0.15, 0.2) is 0 Å². The van der Waals surface area contributed by atoms with Gasteiger partial charge in [-0.25, -0.2) is 4.79 Å². The largest absolute Gasteiger partial charge is 0.465 e. The van der Waals surface area contributed by atoms with E-state index in [1.54, 1.807) is 27.7 Å². The number of piperidine rings is 1. The van der Waals surface area contributed by atoms with E-state index in [4.69, 9.17) is 20.9 Å². The van der Waals surface area contributed by atoms with Crippen molar-refractivity contribution in [1.29, 1.82) is 0 Å². The lowest BCUT2D eigenvalue weighted by Gasteiger charge is -2.32. The van der Waals surface area contributed by atoms with Gasteiger partial charge in [0.2, 0.25) is 0 Å². The second-order valence-corrected chi connectivity index (χ2v) is 9.76. The summed E-state index contributed by atoms with van der Waals surface area (Å²) in [6.07, 6.45) is 2.07. The number of anilines is 1. The Bertz CT molecular complexity index is 907. The molecular formula is C25H39N5O6. The molecule has 6 N–H and O–H groups in total. The zero-order valence-corrected chi connectivity index (χ0v) is 21.6. The fourth-order valence-corrected chi connectivity index (χ4v) is 4.09. The van der Waals surface area contributed by atoms with Gasteiger partial charge in [0.25, 0.3) is 11.8 Å². The van der Waals surface area contributed by atoms with Gasteiger partial charge in [-0.1, -0.05) is 6.07 Å². The summed E-state index contributed by atoms with van der Waals surface area (Å²) < 4.78 is 10.8. The van der Waals surface area contributed by atoms with Gasteiger partial charge in [0, 0.05) is 0 Å². The number of hydrogen-bond donors (Lipinski definition) is 4. The van der Waals surface area contributed by atoms with E-state index in [0.29, 0.717) is 12.5 Å². The van der Waals surface area contributed by atoms with Gasteiger partial charge in [-0.15, -0.1) is 0 Å². The van der Waals surface area contributed by atoms with E-state index in [9.17, 15) is 19.2 Å². The molecule has 1 heterocycles. The van der Waals surface area contributed by atoms with E-state index in [2.05, 4.69) is 10.6 Å². The van der Waals surface area contributed by atoms with Crippen molar-refractivity contribution in [2.75, 3.05) is 37.7 Å². The highest BCUT2D eigenvalue weighted by atomic mass is 16.6. The molecule has 1 fully saturated rings. The third-order valence-corrected chi connectivity index (χ3v) is 5.79. The third-order valence-electron chi connectivity index (χ3n) is 5.79. The Balaban J connectivity index is 2.44. The molecule has 1 unspecified atom stereocenters. The maximum atomic E-state index is 13.4. The predicted molar refractivity (Wildman–Crippen MR) is 136 cm³/mol. The van der Waals surface area contributed by atoms with E-state index in [-0.39, 0.29) is 30.0 Å². The molecule has 3 amide bonds. The SMILES string of the molecule is CCOC(=O)C(CN(C(=O)OC(C)(C)C)c1c(C(N)=O)cccc1C(N)=O)NCCC1CCNCC1. The molecule has 36 heavy (non-hydrogen) atoms. The van der Waals surface area contributed by atoms with Crippen LogP contribution in [0.5, 0.6) is 0 Å². The molecule has 2 rings (SSSR count). The van der Waals surface area contributed by atoms with Crippen LogP contribution in [0, 0.1) is 5.92 Å². The summed E-state index contributed by atoms with van der Waals surface area (Å²) in [5.74, 6) is -1.80. The molecule has 0 saturated carbocycles. The van der Waals surface area contributed by atoms with E-state index in [1.807, 2.05) is 0 Å². The van der Waals surface area contributed by atoms with Gasteiger partial charge in [0.1, 0.15) is 11.6 Å². The fraction of sp³-hybridized carbons (Fsp3) is 0.600. The Labute approximate surface area is 212 Å². The number of nitrogens with one attached hydrogen (secondary N) is 2. The molecule has 0 spiro atoms. The van der Waals surface area contributed by atoms with Crippen LogP contribution in [0.3, 0.4) is 0 Å². The normalized spacial score (nSPS) is 15.1. The van der Waals surface area contributed by atoms with Crippen LogP contribution in [-0.4, -0.2) is 68.3 Å². The summed E-state index contributed by atoms with van der Waals surface area (Å²) in [4.78, 5) is 51.8. The van der Waals surface area contributed by atoms with Crippen molar-refractivity contribution in [2.24, 2.45) is 17.4 Å². The summed E-state index contributed by atoms with van der Waals surface area (Å²) in [7, 11) is 0. The smallest absolute Gasteiger partial charge is 0.414 e. The second kappa shape index (κ2) is 13.2. The quantitative estimate of drug-likeness (QED) is 0.329. The van der Waals surface area contributed by atoms with Crippen LogP contribution < -0.4 is 27.0 Å². The van der Waals surface area contributed by atoms with Crippen LogP contribution in [0.2, 0.25) is 0 Å². The lowest BCUT2D eigenvalue weighted by molar-refractivity contribution is -0.145. The topological polar surface area (TPSA) is 166 Å². The minimum Gasteiger partial charge on any atom is -0.465 e. The van der Waals surface area contributed by atoms with Gasteiger partial charge in [0.05, 0.1) is 30.0 Å². The Morgan fingerprint density at radius 1 is 1.11 bits per heavy atom. The zero-order chi connectivity index (χ0) is 26.9. The molecule has 1 aliphatic rings. The number of primary amides is 2. The molecule has 11 nitrogen and oxygen atoms in total. The highest BCUT2D eigenvalue weighted by molar-refractivity contribution is 6.10. The van der Waals surface area contributed by atoms with Crippen molar-refractivity contribution in [1.82, 2.24) is 10.6 Å². The van der Waals surface area contributed by atoms with Crippen LogP contribution >= 0.6 is 0 Å². The molecule has 0 radical (unpaired) electrons. The first kappa shape index (κ1) is 29.1. The highest BCUT2D eigenvalue weighted by Crippen LogP contribution is 2.28. The van der Waals surface area contributed by atoms with Crippen molar-refractivity contribution >= 4 is 29.6 Å². The van der Waals surface area contributed by atoms with Crippen molar-refractivity contribution < 1.29 is 28.7 Å². The Morgan fingerprint density at radius 3 is 2.19 bits per heavy atom. The summed E-state index contributed by atoms with van der Waals surface area (Å²) in [5.41, 5.74) is 9.92. The highest BCUT2D eigenvalue weighted by Gasteiger charge is 2.34. The number of ether oxygens (including phenoxy) is 2. The fourth-order valence-electron chi connectivity index (χ4n) is 4.09. The predicted octanol–water partition coefficient (Wildman–Crippen LogP) is 1.54. The molecule has 200 valence electrons. The van der Waals surface area contributed by atoms with Gasteiger partial charge < -0.3 is 31.6 Å². The van der Waals surface area contributed by atoms with Gasteiger partial charge >= 0.3 is 12.1 Å². The standard InChI is InChI=1S/C25H39N5O6/c1-5-35-23(33)19(29-14-11-16-9-12-28-13-10-16)15-30(24(34)36-25(2,3)4)20-17(21(26)31)7-6-8-18(20)22(27)32/h6-8,16,19,28-29H,5,9-15H2,1-4H3,(H2,26,31)(H2,27,32). The van der Waals surface area contributed by atoms with Crippen molar-refractivity contribution in [3.05, 3.63) is 29.3 Å². The molecule has 0 bridgehead atoms. The number of benzene rings is 1. The molecule has 1 aromatic rings. The molecule has 0 aliphatic carbocycles. The van der Waals surface area contributed by atoms with Crippen LogP contribution in [-0.2, 0) is 14.3 Å². The van der Waals surface area contributed by atoms with Crippen LogP contribution in [0.4, 0.5) is 10.5 Å². The molecule has 1 saturated heterocycles. The first-order valence-corrected chi connectivity index (χ1v) is 12.3. The number of hydrogen-bond acceptors (Lipinski definition) is 8. The first-order valence-electron chi connectivity index (χ1n) is 12.3. The molecule has 1 atom stereocenters. The van der Waals surface area contributed by atoms with Gasteiger partial charge in [-0.05, 0) is 84.6 Å². The lowest BCUT2D eigenvalue weighted by Crippen LogP contribution is -2.51. The molecule has 1 aromatic carbocycles. The summed E-state index contributed by atoms with van der Waals surface area (Å²) in [6, 6.07) is 3.24. The average Bonchev–Trinajstić information content (AvgIpc) is 2.80. The van der Waals surface area contributed by atoms with Crippen LogP contribution in [0.15, 0.2) is 18.2 Å². The maximum Gasteiger partial charge on any atom is 0.414 e. The summed E-state index contributed by atoms with van der Waals surface area (Å²) in [6.45, 7) is 9.01. The number of nitrogens with two attached hydrogens (primary N) is 2. The molecular weight excluding hydrogens is 466 g/mol. The Kier molecular flexibility index (Phi) is 10.7. The summed E-state index contributed by atoms with van der Waals surface area (Å²) >= 11 is 0. The number of amides is 3. The van der Waals surface area contributed by atoms with E-state index < -0.39 is 35.5 Å². The van der Waals surface area contributed by atoms with Gasteiger partial charge in [-0.2, -0.15) is 0 Å². The molecule has 1 aliphatic heterocycles. The number of esters is 1. The average molecular weight is 506 g/mol. The van der Waals surface area contributed by atoms with Gasteiger partial charge in [-0.3, -0.25) is 19.3 Å². The number of para-hydroxylation sites is 1. The van der Waals surface area contributed by atoms with Crippen LogP contribution in [0.25, 0.3) is 0 Å². The minimum absolute atomic E-state index is 0.102. The minimum atomic E-state index is -0.958. The molecule has 0 aromatic heterocycles. The zero-order valence-electron chi connectivity index (χ0n) is 21.6. The lowest BCUT2D eigenvalue weighted by atomic mass is 9.94. The number of carbonyl (C=O) groups is 4. The second-order valence-electron chi connectivity index (χ2n) is 9.76. The Morgan fingerprint density at radius 2 is 1.69 bits per heavy atom. The van der Waals surface area contributed by atoms with Crippen molar-refractivity contribution in [3.8, 4) is 0 Å².